The second-order valence-corrected chi connectivity index (χ2v) is 4.37. The van der Waals surface area contributed by atoms with Crippen LogP contribution in [0, 0.1) is 0 Å². The maximum absolute atomic E-state index is 11.6. The Balaban J connectivity index is 0.00000225. The number of nitrogens with one attached hydrogen (secondary N) is 1. The zero-order valence-electron chi connectivity index (χ0n) is 9.73. The molecule has 1 aromatic heterocycles. The van der Waals surface area contributed by atoms with E-state index in [2.05, 4.69) is 16.8 Å². The molecule has 0 aliphatic carbocycles. The number of halogens is 1. The van der Waals surface area contributed by atoms with Crippen LogP contribution in [0.5, 0.6) is 0 Å². The van der Waals surface area contributed by atoms with Gasteiger partial charge in [0.1, 0.15) is 0 Å². The topological polar surface area (TPSA) is 32.3 Å². The van der Waals surface area contributed by atoms with Crippen molar-refractivity contribution in [1.29, 1.82) is 0 Å². The van der Waals surface area contributed by atoms with Crippen molar-refractivity contribution in [3.63, 3.8) is 0 Å². The molecule has 0 fully saturated rings. The van der Waals surface area contributed by atoms with Crippen LogP contribution in [-0.2, 0) is 11.2 Å². The zero-order valence-corrected chi connectivity index (χ0v) is 11.4. The smallest absolute Gasteiger partial charge is 0.236 e. The molecule has 16 heavy (non-hydrogen) atoms. The third kappa shape index (κ3) is 4.96. The quantitative estimate of drug-likeness (QED) is 0.848. The summed E-state index contributed by atoms with van der Waals surface area (Å²) >= 11 is 1.75. The van der Waals surface area contributed by atoms with E-state index in [1.807, 2.05) is 17.9 Å². The van der Waals surface area contributed by atoms with Crippen molar-refractivity contribution in [2.45, 2.75) is 13.3 Å². The van der Waals surface area contributed by atoms with Crippen molar-refractivity contribution in [3.8, 4) is 0 Å². The van der Waals surface area contributed by atoms with Crippen molar-refractivity contribution in [2.75, 3.05) is 26.7 Å². The number of hydrogen-bond acceptors (Lipinski definition) is 3. The summed E-state index contributed by atoms with van der Waals surface area (Å²) in [6.45, 7) is 4.05. The molecule has 0 spiro atoms. The van der Waals surface area contributed by atoms with Crippen LogP contribution in [0.4, 0.5) is 0 Å². The molecule has 0 saturated heterocycles. The Kier molecular flexibility index (Phi) is 8.25. The Morgan fingerprint density at radius 2 is 2.31 bits per heavy atom. The summed E-state index contributed by atoms with van der Waals surface area (Å²) in [5.74, 6) is 0.177. The number of likely N-dealkylation sites (N-methyl/N-ethyl adjacent to an activating group) is 2. The number of nitrogens with zero attached hydrogens (tertiary/aromatic N) is 1. The fourth-order valence-corrected chi connectivity index (χ4v) is 2.12. The summed E-state index contributed by atoms with van der Waals surface area (Å²) in [6.07, 6.45) is 0.959. The summed E-state index contributed by atoms with van der Waals surface area (Å²) in [5, 5.41) is 4.96. The molecule has 0 saturated carbocycles. The van der Waals surface area contributed by atoms with E-state index in [4.69, 9.17) is 0 Å². The first kappa shape index (κ1) is 15.4. The average molecular weight is 263 g/mol. The van der Waals surface area contributed by atoms with Gasteiger partial charge in [-0.15, -0.1) is 23.7 Å². The maximum Gasteiger partial charge on any atom is 0.236 e. The summed E-state index contributed by atoms with van der Waals surface area (Å²) in [5.41, 5.74) is 0. The molecule has 92 valence electrons. The lowest BCUT2D eigenvalue weighted by atomic mass is 10.3. The molecule has 0 atom stereocenters. The summed E-state index contributed by atoms with van der Waals surface area (Å²) < 4.78 is 0. The Morgan fingerprint density at radius 1 is 1.56 bits per heavy atom. The van der Waals surface area contributed by atoms with Gasteiger partial charge in [0.25, 0.3) is 0 Å². The van der Waals surface area contributed by atoms with Crippen LogP contribution in [0.25, 0.3) is 0 Å². The third-order valence-electron chi connectivity index (χ3n) is 2.27. The molecule has 5 heteroatoms. The highest BCUT2D eigenvalue weighted by molar-refractivity contribution is 7.09. The van der Waals surface area contributed by atoms with Crippen LogP contribution < -0.4 is 5.32 Å². The Morgan fingerprint density at radius 3 is 2.81 bits per heavy atom. The van der Waals surface area contributed by atoms with E-state index in [0.29, 0.717) is 6.54 Å². The number of rotatable bonds is 6. The van der Waals surface area contributed by atoms with Gasteiger partial charge in [-0.05, 0) is 31.8 Å². The number of carbonyl (C=O) groups excluding carboxylic acids is 1. The molecule has 0 radical (unpaired) electrons. The van der Waals surface area contributed by atoms with Crippen LogP contribution in [-0.4, -0.2) is 37.5 Å². The molecule has 0 aromatic carbocycles. The predicted octanol–water partition coefficient (Wildman–Crippen LogP) is 1.78. The molecule has 0 aliphatic rings. The van der Waals surface area contributed by atoms with Crippen molar-refractivity contribution in [2.24, 2.45) is 0 Å². The number of thiophene rings is 1. The van der Waals surface area contributed by atoms with Gasteiger partial charge in [-0.3, -0.25) is 4.79 Å². The molecule has 1 heterocycles. The molecule has 1 N–H and O–H groups in total. The fraction of sp³-hybridized carbons (Fsp3) is 0.545. The molecule has 0 unspecified atom stereocenters. The standard InChI is InChI=1S/C11H18N2OS.ClH/c1-3-13(11(14)9-12-2)7-6-10-5-4-8-15-10;/h4-5,8,12H,3,6-7,9H2,1-2H3;1H. The molecule has 1 rings (SSSR count). The first-order chi connectivity index (χ1) is 7.27. The molecular weight excluding hydrogens is 244 g/mol. The van der Waals surface area contributed by atoms with Crippen molar-refractivity contribution in [3.05, 3.63) is 22.4 Å². The highest BCUT2D eigenvalue weighted by atomic mass is 35.5. The minimum atomic E-state index is 0. The van der Waals surface area contributed by atoms with Gasteiger partial charge in [-0.1, -0.05) is 6.07 Å². The predicted molar refractivity (Wildman–Crippen MR) is 71.5 cm³/mol. The monoisotopic (exact) mass is 262 g/mol. The summed E-state index contributed by atoms with van der Waals surface area (Å²) in [7, 11) is 1.80. The highest BCUT2D eigenvalue weighted by Crippen LogP contribution is 2.09. The van der Waals surface area contributed by atoms with E-state index in [0.717, 1.165) is 19.5 Å². The van der Waals surface area contributed by atoms with E-state index in [9.17, 15) is 4.79 Å². The summed E-state index contributed by atoms with van der Waals surface area (Å²) in [6, 6.07) is 4.16. The van der Waals surface area contributed by atoms with Gasteiger partial charge in [-0.25, -0.2) is 0 Å². The number of amides is 1. The van der Waals surface area contributed by atoms with Crippen LogP contribution >= 0.6 is 23.7 Å². The lowest BCUT2D eigenvalue weighted by Crippen LogP contribution is -2.38. The SMILES string of the molecule is CCN(CCc1cccs1)C(=O)CNC.Cl. The first-order valence-corrected chi connectivity index (χ1v) is 6.10. The summed E-state index contributed by atoms with van der Waals surface area (Å²) in [4.78, 5) is 14.8. The van der Waals surface area contributed by atoms with Crippen LogP contribution in [0.1, 0.15) is 11.8 Å². The Bertz CT molecular complexity index is 290. The van der Waals surface area contributed by atoms with Gasteiger partial charge in [0.05, 0.1) is 6.54 Å². The zero-order chi connectivity index (χ0) is 11.1. The highest BCUT2D eigenvalue weighted by Gasteiger charge is 2.09. The van der Waals surface area contributed by atoms with Gasteiger partial charge in [0.2, 0.25) is 5.91 Å². The first-order valence-electron chi connectivity index (χ1n) is 5.22. The van der Waals surface area contributed by atoms with Crippen LogP contribution in [0.15, 0.2) is 17.5 Å². The van der Waals surface area contributed by atoms with Gasteiger partial charge in [-0.2, -0.15) is 0 Å². The fourth-order valence-electron chi connectivity index (χ4n) is 1.42. The number of carbonyl (C=O) groups is 1. The lowest BCUT2D eigenvalue weighted by Gasteiger charge is -2.20. The second-order valence-electron chi connectivity index (χ2n) is 3.33. The lowest BCUT2D eigenvalue weighted by molar-refractivity contribution is -0.129. The van der Waals surface area contributed by atoms with Crippen molar-refractivity contribution >= 4 is 29.7 Å². The van der Waals surface area contributed by atoms with Crippen LogP contribution in [0.2, 0.25) is 0 Å². The minimum Gasteiger partial charge on any atom is -0.342 e. The van der Waals surface area contributed by atoms with Gasteiger partial charge in [0, 0.05) is 18.0 Å². The van der Waals surface area contributed by atoms with Gasteiger partial charge < -0.3 is 10.2 Å². The third-order valence-corrected chi connectivity index (χ3v) is 3.21. The van der Waals surface area contributed by atoms with Crippen molar-refractivity contribution < 1.29 is 4.79 Å². The minimum absolute atomic E-state index is 0. The molecule has 0 aliphatic heterocycles. The number of hydrogen-bond donors (Lipinski definition) is 1. The average Bonchev–Trinajstić information content (AvgIpc) is 2.72. The van der Waals surface area contributed by atoms with E-state index < -0.39 is 0 Å². The molecule has 3 nitrogen and oxygen atoms in total. The van der Waals surface area contributed by atoms with Gasteiger partial charge in [0.15, 0.2) is 0 Å². The van der Waals surface area contributed by atoms with Crippen molar-refractivity contribution in [1.82, 2.24) is 10.2 Å². The molecular formula is C11H19ClN2OS. The Labute approximate surface area is 107 Å². The second kappa shape index (κ2) is 8.56. The van der Waals surface area contributed by atoms with E-state index >= 15 is 0 Å². The molecule has 1 aromatic rings. The van der Waals surface area contributed by atoms with E-state index in [-0.39, 0.29) is 18.3 Å². The Hall–Kier alpha value is -0.580. The normalized spacial score (nSPS) is 9.62. The molecule has 0 bridgehead atoms. The van der Waals surface area contributed by atoms with Crippen LogP contribution in [0.3, 0.4) is 0 Å². The van der Waals surface area contributed by atoms with E-state index in [1.54, 1.807) is 18.4 Å². The maximum atomic E-state index is 11.6. The van der Waals surface area contributed by atoms with E-state index in [1.165, 1.54) is 4.88 Å². The largest absolute Gasteiger partial charge is 0.342 e. The van der Waals surface area contributed by atoms with Gasteiger partial charge >= 0.3 is 0 Å². The molecule has 1 amide bonds.